The zero-order valence-corrected chi connectivity index (χ0v) is 24.5. The van der Waals surface area contributed by atoms with Crippen molar-refractivity contribution in [1.29, 1.82) is 0 Å². The largest absolute Gasteiger partial charge is 0.496 e. The fraction of sp³-hybridized carbons (Fsp3) is 0.515. The lowest BCUT2D eigenvalue weighted by Crippen LogP contribution is -2.41. The summed E-state index contributed by atoms with van der Waals surface area (Å²) in [6, 6.07) is 14.5. The van der Waals surface area contributed by atoms with Gasteiger partial charge in [0.1, 0.15) is 5.75 Å². The number of hydrogen-bond acceptors (Lipinski definition) is 6. The Hall–Kier alpha value is -2.74. The van der Waals surface area contributed by atoms with Gasteiger partial charge in [-0.2, -0.15) is 0 Å². The van der Waals surface area contributed by atoms with Crippen molar-refractivity contribution < 1.29 is 19.7 Å². The molecule has 0 spiro atoms. The summed E-state index contributed by atoms with van der Waals surface area (Å²) >= 11 is 1.60. The van der Waals surface area contributed by atoms with Crippen molar-refractivity contribution in [2.75, 3.05) is 13.7 Å². The zero-order valence-electron chi connectivity index (χ0n) is 23.6. The van der Waals surface area contributed by atoms with E-state index in [4.69, 9.17) is 4.74 Å². The molecule has 2 fully saturated rings. The number of ether oxygens (including phenoxy) is 1. The van der Waals surface area contributed by atoms with Crippen LogP contribution in [0.2, 0.25) is 0 Å². The van der Waals surface area contributed by atoms with Crippen LogP contribution in [0, 0.1) is 18.8 Å². The van der Waals surface area contributed by atoms with Crippen LogP contribution in [-0.4, -0.2) is 40.9 Å². The lowest BCUT2D eigenvalue weighted by molar-refractivity contribution is -0.127. The van der Waals surface area contributed by atoms with E-state index in [1.54, 1.807) is 18.4 Å². The Balaban J connectivity index is 1.39. The molecule has 0 bridgehead atoms. The van der Waals surface area contributed by atoms with Crippen LogP contribution in [0.5, 0.6) is 5.75 Å². The number of nitrogens with zero attached hydrogens (tertiary/aromatic N) is 1. The van der Waals surface area contributed by atoms with Gasteiger partial charge in [0.05, 0.1) is 29.1 Å². The van der Waals surface area contributed by atoms with Crippen molar-refractivity contribution in [3.05, 3.63) is 70.4 Å². The van der Waals surface area contributed by atoms with Crippen molar-refractivity contribution in [3.63, 3.8) is 0 Å². The number of carbonyl (C=O) groups excluding carboxylic acids is 1. The summed E-state index contributed by atoms with van der Waals surface area (Å²) in [5.41, 5.74) is 4.38. The van der Waals surface area contributed by atoms with Gasteiger partial charge < -0.3 is 20.3 Å². The van der Waals surface area contributed by atoms with Crippen LogP contribution in [0.3, 0.4) is 0 Å². The fourth-order valence-electron chi connectivity index (χ4n) is 6.65. The third-order valence-electron chi connectivity index (χ3n) is 8.86. The van der Waals surface area contributed by atoms with Gasteiger partial charge in [-0.1, -0.05) is 49.6 Å². The third-order valence-corrected chi connectivity index (χ3v) is 9.97. The lowest BCUT2D eigenvalue weighted by Gasteiger charge is -2.38. The summed E-state index contributed by atoms with van der Waals surface area (Å²) in [5, 5.41) is 25.1. The predicted octanol–water partition coefficient (Wildman–Crippen LogP) is 6.34. The number of hydrogen-bond donors (Lipinski definition) is 3. The summed E-state index contributed by atoms with van der Waals surface area (Å²) in [5.74, 6) is 1.30. The molecule has 2 saturated carbocycles. The highest BCUT2D eigenvalue weighted by atomic mass is 32.1. The number of rotatable bonds is 9. The van der Waals surface area contributed by atoms with Crippen LogP contribution >= 0.6 is 11.3 Å². The number of methoxy groups -OCH3 is 1. The molecule has 3 aromatic rings. The van der Waals surface area contributed by atoms with E-state index in [9.17, 15) is 15.0 Å². The number of aliphatic hydroxyl groups is 2. The van der Waals surface area contributed by atoms with Gasteiger partial charge in [-0.15, -0.1) is 11.3 Å². The highest BCUT2D eigenvalue weighted by Gasteiger charge is 2.36. The minimum atomic E-state index is -0.480. The van der Waals surface area contributed by atoms with E-state index in [1.807, 2.05) is 19.2 Å². The maximum Gasteiger partial charge on any atom is 0.223 e. The second-order valence-corrected chi connectivity index (χ2v) is 12.6. The summed E-state index contributed by atoms with van der Waals surface area (Å²) in [7, 11) is 1.68. The molecular weight excluding hydrogens is 520 g/mol. The van der Waals surface area contributed by atoms with Crippen molar-refractivity contribution in [3.8, 4) is 16.2 Å². The highest BCUT2D eigenvalue weighted by Crippen LogP contribution is 2.43. The molecule has 2 aliphatic rings. The van der Waals surface area contributed by atoms with Crippen LogP contribution in [0.1, 0.15) is 85.0 Å². The molecule has 6 nitrogen and oxygen atoms in total. The lowest BCUT2D eigenvalue weighted by atomic mass is 9.72. The van der Waals surface area contributed by atoms with Crippen LogP contribution in [-0.2, 0) is 11.2 Å². The Morgan fingerprint density at radius 1 is 1.12 bits per heavy atom. The van der Waals surface area contributed by atoms with Gasteiger partial charge in [0, 0.05) is 31.1 Å². The van der Waals surface area contributed by atoms with Crippen LogP contribution in [0.25, 0.3) is 10.4 Å². The number of aliphatic hydroxyl groups excluding tert-OH is 2. The van der Waals surface area contributed by atoms with E-state index in [0.29, 0.717) is 12.8 Å². The van der Waals surface area contributed by atoms with E-state index >= 15 is 0 Å². The first-order valence-corrected chi connectivity index (χ1v) is 15.6. The van der Waals surface area contributed by atoms with E-state index in [2.05, 4.69) is 46.7 Å². The molecule has 1 aromatic heterocycles. The first-order valence-electron chi connectivity index (χ1n) is 14.8. The van der Waals surface area contributed by atoms with Gasteiger partial charge in [-0.3, -0.25) is 4.79 Å². The number of amides is 1. The number of nitrogens with one attached hydrogen (secondary N) is 1. The second-order valence-electron chi connectivity index (χ2n) is 11.5. The number of thiazole rings is 1. The van der Waals surface area contributed by atoms with E-state index in [0.717, 1.165) is 76.4 Å². The smallest absolute Gasteiger partial charge is 0.223 e. The molecule has 1 amide bonds. The molecule has 1 heterocycles. The Morgan fingerprint density at radius 2 is 1.95 bits per heavy atom. The van der Waals surface area contributed by atoms with E-state index < -0.39 is 6.10 Å². The molecule has 5 rings (SSSR count). The number of benzene rings is 2. The zero-order chi connectivity index (χ0) is 28.1. The summed E-state index contributed by atoms with van der Waals surface area (Å²) in [6.07, 6.45) is 9.73. The Kier molecular flexibility index (Phi) is 9.56. The number of carbonyl (C=O) groups is 1. The minimum Gasteiger partial charge on any atom is -0.496 e. The normalized spacial score (nSPS) is 22.6. The first kappa shape index (κ1) is 28.8. The van der Waals surface area contributed by atoms with Crippen LogP contribution in [0.4, 0.5) is 0 Å². The van der Waals surface area contributed by atoms with Crippen molar-refractivity contribution in [1.82, 2.24) is 10.3 Å². The van der Waals surface area contributed by atoms with Gasteiger partial charge in [-0.05, 0) is 79.3 Å². The average molecular weight is 563 g/mol. The molecule has 0 saturated heterocycles. The van der Waals surface area contributed by atoms with Gasteiger partial charge in [-0.25, -0.2) is 4.98 Å². The fourth-order valence-corrected chi connectivity index (χ4v) is 7.55. The average Bonchev–Trinajstić information content (AvgIpc) is 3.45. The molecular formula is C33H42N2O4S. The maximum absolute atomic E-state index is 13.5. The van der Waals surface area contributed by atoms with E-state index in [1.165, 1.54) is 6.42 Å². The Labute approximate surface area is 241 Å². The van der Waals surface area contributed by atoms with Gasteiger partial charge in [0.25, 0.3) is 0 Å². The molecule has 3 N–H and O–H groups in total. The molecule has 2 aliphatic carbocycles. The monoisotopic (exact) mass is 562 g/mol. The second kappa shape index (κ2) is 13.3. The van der Waals surface area contributed by atoms with Crippen molar-refractivity contribution in [2.24, 2.45) is 11.8 Å². The molecule has 2 aromatic carbocycles. The van der Waals surface area contributed by atoms with Crippen molar-refractivity contribution >= 4 is 17.2 Å². The predicted molar refractivity (Wildman–Crippen MR) is 160 cm³/mol. The maximum atomic E-state index is 13.5. The minimum absolute atomic E-state index is 0.0732. The summed E-state index contributed by atoms with van der Waals surface area (Å²) in [6.45, 7) is 2.13. The van der Waals surface area contributed by atoms with Gasteiger partial charge in [0.15, 0.2) is 0 Å². The highest BCUT2D eigenvalue weighted by molar-refractivity contribution is 7.15. The Bertz CT molecular complexity index is 1280. The molecule has 4 unspecified atom stereocenters. The SMILES string of the molecule is COc1ccc(C2CCC(C(NC(=O)C3CCCCC3)c3cccc(-c4cnc(CCO)s4)c3)CC2O)cc1C. The van der Waals surface area contributed by atoms with Gasteiger partial charge >= 0.3 is 0 Å². The van der Waals surface area contributed by atoms with Crippen LogP contribution < -0.4 is 10.1 Å². The summed E-state index contributed by atoms with van der Waals surface area (Å²) < 4.78 is 5.44. The topological polar surface area (TPSA) is 91.7 Å². The molecule has 7 heteroatoms. The van der Waals surface area contributed by atoms with Crippen LogP contribution in [0.15, 0.2) is 48.7 Å². The number of aromatic nitrogens is 1. The molecule has 0 radical (unpaired) electrons. The number of aryl methyl sites for hydroxylation is 1. The van der Waals surface area contributed by atoms with E-state index in [-0.39, 0.29) is 36.3 Å². The molecule has 40 heavy (non-hydrogen) atoms. The molecule has 0 aliphatic heterocycles. The quantitative estimate of drug-likeness (QED) is 0.283. The third kappa shape index (κ3) is 6.59. The summed E-state index contributed by atoms with van der Waals surface area (Å²) in [4.78, 5) is 19.0. The van der Waals surface area contributed by atoms with Crippen molar-refractivity contribution in [2.45, 2.75) is 82.8 Å². The standard InChI is InChI=1S/C33H42N2O4S/c1-21-17-23(12-14-29(21)39-2)27-13-11-26(19-28(27)37)32(35-33(38)22-7-4-3-5-8-22)25-10-6-9-24(18-25)30-20-34-31(40-30)15-16-36/h6,9-10,12,14,17-18,20,22,26-28,32,36-37H,3-5,7-8,11,13,15-16,19H2,1-2H3,(H,35,38). The molecule has 4 atom stereocenters. The Morgan fingerprint density at radius 3 is 2.67 bits per heavy atom. The van der Waals surface area contributed by atoms with Gasteiger partial charge in [0.2, 0.25) is 5.91 Å². The molecule has 214 valence electrons. The first-order chi connectivity index (χ1) is 19.5.